The summed E-state index contributed by atoms with van der Waals surface area (Å²) in [5.74, 6) is 0.399. The number of amides is 1. The van der Waals surface area contributed by atoms with Gasteiger partial charge in [0.1, 0.15) is 5.82 Å². The molecule has 0 saturated carbocycles. The molecule has 2 aromatic heterocycles. The number of aromatic nitrogens is 2. The summed E-state index contributed by atoms with van der Waals surface area (Å²) in [6.45, 7) is 0.519. The van der Waals surface area contributed by atoms with Gasteiger partial charge in [-0.05, 0) is 48.4 Å². The van der Waals surface area contributed by atoms with Crippen molar-refractivity contribution in [2.75, 3.05) is 16.8 Å². The average molecular weight is 386 g/mol. The van der Waals surface area contributed by atoms with Gasteiger partial charge in [-0.25, -0.2) is 4.98 Å². The first kappa shape index (κ1) is 19.3. The topological polar surface area (TPSA) is 58.1 Å². The third-order valence-corrected chi connectivity index (χ3v) is 4.03. The summed E-state index contributed by atoms with van der Waals surface area (Å²) >= 11 is 0. The molecule has 0 aliphatic heterocycles. The molecule has 5 nitrogen and oxygen atoms in total. The molecule has 0 fully saturated rings. The number of rotatable bonds is 7. The standard InChI is InChI=1S/C20H17F3N4O/c21-20(22,23)16-5-1-6-17(12-16)27(14-28)18-7-3-10-25-19(18)26-11-8-15-4-2-9-24-13-15/h1-7,9-10,12-14H,8,11H2,(H,25,26). The van der Waals surface area contributed by atoms with Gasteiger partial charge >= 0.3 is 6.18 Å². The molecular weight excluding hydrogens is 369 g/mol. The van der Waals surface area contributed by atoms with Gasteiger partial charge in [0.2, 0.25) is 6.41 Å². The fourth-order valence-corrected chi connectivity index (χ4v) is 2.69. The van der Waals surface area contributed by atoms with Crippen LogP contribution in [0.3, 0.4) is 0 Å². The van der Waals surface area contributed by atoms with Crippen molar-refractivity contribution in [3.63, 3.8) is 0 Å². The smallest absolute Gasteiger partial charge is 0.368 e. The molecule has 2 heterocycles. The highest BCUT2D eigenvalue weighted by Crippen LogP contribution is 2.34. The Labute approximate surface area is 159 Å². The van der Waals surface area contributed by atoms with Crippen molar-refractivity contribution in [2.24, 2.45) is 0 Å². The molecule has 0 atom stereocenters. The molecule has 0 radical (unpaired) electrons. The van der Waals surface area contributed by atoms with E-state index in [2.05, 4.69) is 15.3 Å². The Hall–Kier alpha value is -3.42. The second kappa shape index (κ2) is 8.51. The number of halogens is 3. The molecule has 1 aromatic carbocycles. The molecule has 0 aliphatic carbocycles. The molecule has 1 amide bonds. The zero-order valence-corrected chi connectivity index (χ0v) is 14.7. The number of hydrogen-bond acceptors (Lipinski definition) is 4. The van der Waals surface area contributed by atoms with Gasteiger partial charge in [0.05, 0.1) is 11.3 Å². The summed E-state index contributed by atoms with van der Waals surface area (Å²) in [4.78, 5) is 21.1. The molecule has 0 unspecified atom stereocenters. The van der Waals surface area contributed by atoms with Crippen molar-refractivity contribution in [3.8, 4) is 0 Å². The molecule has 1 N–H and O–H groups in total. The molecule has 0 saturated heterocycles. The van der Waals surface area contributed by atoms with Gasteiger partial charge in [0.15, 0.2) is 0 Å². The summed E-state index contributed by atoms with van der Waals surface area (Å²) < 4.78 is 39.0. The van der Waals surface area contributed by atoms with Crippen LogP contribution in [0.25, 0.3) is 0 Å². The molecule has 144 valence electrons. The Balaban J connectivity index is 1.83. The van der Waals surface area contributed by atoms with Crippen molar-refractivity contribution in [3.05, 3.63) is 78.2 Å². The van der Waals surface area contributed by atoms with E-state index in [0.717, 1.165) is 22.6 Å². The van der Waals surface area contributed by atoms with Crippen molar-refractivity contribution < 1.29 is 18.0 Å². The van der Waals surface area contributed by atoms with Crippen LogP contribution in [-0.2, 0) is 17.4 Å². The van der Waals surface area contributed by atoms with E-state index in [0.29, 0.717) is 30.9 Å². The highest BCUT2D eigenvalue weighted by Gasteiger charge is 2.31. The van der Waals surface area contributed by atoms with Gasteiger partial charge in [-0.15, -0.1) is 0 Å². The van der Waals surface area contributed by atoms with Crippen LogP contribution in [0.2, 0.25) is 0 Å². The molecule has 0 aliphatic rings. The Morgan fingerprint density at radius 1 is 1.07 bits per heavy atom. The van der Waals surface area contributed by atoms with Crippen molar-refractivity contribution in [1.29, 1.82) is 0 Å². The summed E-state index contributed by atoms with van der Waals surface area (Å²) in [5.41, 5.74) is 0.667. The summed E-state index contributed by atoms with van der Waals surface area (Å²) in [6, 6.07) is 11.6. The van der Waals surface area contributed by atoms with Gasteiger partial charge < -0.3 is 5.32 Å². The largest absolute Gasteiger partial charge is 0.416 e. The lowest BCUT2D eigenvalue weighted by Crippen LogP contribution is -2.18. The predicted molar refractivity (Wildman–Crippen MR) is 100 cm³/mol. The maximum Gasteiger partial charge on any atom is 0.416 e. The number of benzene rings is 1. The van der Waals surface area contributed by atoms with Crippen LogP contribution in [0.5, 0.6) is 0 Å². The van der Waals surface area contributed by atoms with E-state index in [1.807, 2.05) is 12.1 Å². The molecular formula is C20H17F3N4O. The molecule has 0 spiro atoms. The minimum Gasteiger partial charge on any atom is -0.368 e. The number of nitrogens with zero attached hydrogens (tertiary/aromatic N) is 3. The number of hydrogen-bond donors (Lipinski definition) is 1. The number of pyridine rings is 2. The average Bonchev–Trinajstić information content (AvgIpc) is 2.70. The Morgan fingerprint density at radius 2 is 1.89 bits per heavy atom. The highest BCUT2D eigenvalue weighted by atomic mass is 19.4. The van der Waals surface area contributed by atoms with Crippen LogP contribution in [0, 0.1) is 0 Å². The SMILES string of the molecule is O=CN(c1cccc(C(F)(F)F)c1)c1cccnc1NCCc1cccnc1. The lowest BCUT2D eigenvalue weighted by atomic mass is 10.1. The predicted octanol–water partition coefficient (Wildman–Crippen LogP) is 4.44. The second-order valence-corrected chi connectivity index (χ2v) is 5.93. The van der Waals surface area contributed by atoms with E-state index < -0.39 is 11.7 Å². The van der Waals surface area contributed by atoms with Crippen LogP contribution in [-0.4, -0.2) is 22.9 Å². The van der Waals surface area contributed by atoms with Gasteiger partial charge in [-0.1, -0.05) is 12.1 Å². The summed E-state index contributed by atoms with van der Waals surface area (Å²) in [5, 5.41) is 3.13. The van der Waals surface area contributed by atoms with Gasteiger partial charge in [0.25, 0.3) is 0 Å². The third kappa shape index (κ3) is 4.64. The lowest BCUT2D eigenvalue weighted by molar-refractivity contribution is -0.137. The van der Waals surface area contributed by atoms with Crippen LogP contribution < -0.4 is 10.2 Å². The van der Waals surface area contributed by atoms with Crippen LogP contribution in [0.4, 0.5) is 30.4 Å². The molecule has 3 aromatic rings. The molecule has 8 heteroatoms. The normalized spacial score (nSPS) is 11.1. The summed E-state index contributed by atoms with van der Waals surface area (Å²) in [7, 11) is 0. The van der Waals surface area contributed by atoms with Crippen molar-refractivity contribution in [2.45, 2.75) is 12.6 Å². The Kier molecular flexibility index (Phi) is 5.88. The van der Waals surface area contributed by atoms with Crippen LogP contribution in [0.15, 0.2) is 67.1 Å². The fourth-order valence-electron chi connectivity index (χ4n) is 2.69. The van der Waals surface area contributed by atoms with Crippen LogP contribution in [0.1, 0.15) is 11.1 Å². The maximum absolute atomic E-state index is 13.0. The first-order chi connectivity index (χ1) is 13.5. The van der Waals surface area contributed by atoms with E-state index in [4.69, 9.17) is 0 Å². The first-order valence-corrected chi connectivity index (χ1v) is 8.48. The monoisotopic (exact) mass is 386 g/mol. The van der Waals surface area contributed by atoms with E-state index >= 15 is 0 Å². The molecule has 3 rings (SSSR count). The minimum atomic E-state index is -4.50. The number of alkyl halides is 3. The molecule has 0 bridgehead atoms. The molecule has 28 heavy (non-hydrogen) atoms. The highest BCUT2D eigenvalue weighted by molar-refractivity contribution is 5.90. The quantitative estimate of drug-likeness (QED) is 0.610. The van der Waals surface area contributed by atoms with E-state index in [9.17, 15) is 18.0 Å². The third-order valence-electron chi connectivity index (χ3n) is 4.03. The van der Waals surface area contributed by atoms with Crippen LogP contribution >= 0.6 is 0 Å². The second-order valence-electron chi connectivity index (χ2n) is 5.93. The van der Waals surface area contributed by atoms with Gasteiger partial charge in [-0.3, -0.25) is 14.7 Å². The maximum atomic E-state index is 13.0. The van der Waals surface area contributed by atoms with Crippen molar-refractivity contribution in [1.82, 2.24) is 9.97 Å². The van der Waals surface area contributed by atoms with Crippen molar-refractivity contribution >= 4 is 23.6 Å². The fraction of sp³-hybridized carbons (Fsp3) is 0.150. The van der Waals surface area contributed by atoms with Gasteiger partial charge in [0, 0.05) is 30.8 Å². The van der Waals surface area contributed by atoms with Gasteiger partial charge in [-0.2, -0.15) is 13.2 Å². The first-order valence-electron chi connectivity index (χ1n) is 8.48. The van der Waals surface area contributed by atoms with E-state index in [-0.39, 0.29) is 5.69 Å². The number of carbonyl (C=O) groups excluding carboxylic acids is 1. The number of nitrogens with one attached hydrogen (secondary N) is 1. The zero-order valence-electron chi connectivity index (χ0n) is 14.7. The number of anilines is 3. The zero-order chi connectivity index (χ0) is 20.0. The minimum absolute atomic E-state index is 0.105. The van der Waals surface area contributed by atoms with E-state index in [1.165, 1.54) is 12.1 Å². The Bertz CT molecular complexity index is 932. The summed E-state index contributed by atoms with van der Waals surface area (Å²) in [6.07, 6.45) is 1.63. The van der Waals surface area contributed by atoms with E-state index in [1.54, 1.807) is 30.7 Å². The lowest BCUT2D eigenvalue weighted by Gasteiger charge is -2.21. The Morgan fingerprint density at radius 3 is 2.61 bits per heavy atom. The number of carbonyl (C=O) groups is 1.